The summed E-state index contributed by atoms with van der Waals surface area (Å²) in [5.41, 5.74) is 2.40. The van der Waals surface area contributed by atoms with Crippen LogP contribution in [-0.4, -0.2) is 17.7 Å². The number of hydrogen-bond acceptors (Lipinski definition) is 2. The van der Waals surface area contributed by atoms with E-state index in [4.69, 9.17) is 0 Å². The molecule has 2 rings (SSSR count). The molecule has 1 aromatic rings. The van der Waals surface area contributed by atoms with Crippen LogP contribution in [0.2, 0.25) is 0 Å². The molecule has 1 aliphatic carbocycles. The maximum Gasteiger partial charge on any atom is 0.0945 e. The minimum absolute atomic E-state index is 0.231. The van der Waals surface area contributed by atoms with Gasteiger partial charge in [0.1, 0.15) is 0 Å². The summed E-state index contributed by atoms with van der Waals surface area (Å²) in [4.78, 5) is 0. The van der Waals surface area contributed by atoms with Gasteiger partial charge in [0.2, 0.25) is 0 Å². The van der Waals surface area contributed by atoms with Gasteiger partial charge in [-0.1, -0.05) is 31.2 Å². The van der Waals surface area contributed by atoms with E-state index in [9.17, 15) is 5.11 Å². The monoisotopic (exact) mass is 191 g/mol. The molecule has 2 nitrogen and oxygen atoms in total. The van der Waals surface area contributed by atoms with Crippen molar-refractivity contribution in [1.29, 1.82) is 0 Å². The van der Waals surface area contributed by atoms with Crippen molar-refractivity contribution in [3.63, 3.8) is 0 Å². The second-order valence-corrected chi connectivity index (χ2v) is 3.85. The molecule has 2 atom stereocenters. The number of fused-ring (bicyclic) bond motifs is 1. The molecule has 0 spiro atoms. The fourth-order valence-electron chi connectivity index (χ4n) is 2.21. The van der Waals surface area contributed by atoms with E-state index in [1.807, 2.05) is 18.2 Å². The standard InChI is InChI=1S/C12H17NO/c1-2-13-11-8-7-9-5-3-4-6-10(9)12(11)14/h3-6,11-14H,2,7-8H2,1H3/t11-,12-/m1/s1. The van der Waals surface area contributed by atoms with Gasteiger partial charge in [-0.2, -0.15) is 0 Å². The van der Waals surface area contributed by atoms with Gasteiger partial charge in [0, 0.05) is 6.04 Å². The first-order chi connectivity index (χ1) is 6.83. The number of aryl methyl sites for hydroxylation is 1. The van der Waals surface area contributed by atoms with E-state index in [1.54, 1.807) is 0 Å². The number of likely N-dealkylation sites (N-methyl/N-ethyl adjacent to an activating group) is 1. The van der Waals surface area contributed by atoms with Crippen molar-refractivity contribution in [2.45, 2.75) is 31.9 Å². The third-order valence-electron chi connectivity index (χ3n) is 2.95. The Bertz CT molecular complexity index is 311. The van der Waals surface area contributed by atoms with Crippen molar-refractivity contribution < 1.29 is 5.11 Å². The van der Waals surface area contributed by atoms with Crippen LogP contribution in [-0.2, 0) is 6.42 Å². The summed E-state index contributed by atoms with van der Waals surface area (Å²) in [6.07, 6.45) is 1.77. The average molecular weight is 191 g/mol. The maximum atomic E-state index is 10.1. The van der Waals surface area contributed by atoms with Gasteiger partial charge >= 0.3 is 0 Å². The van der Waals surface area contributed by atoms with E-state index in [0.29, 0.717) is 0 Å². The van der Waals surface area contributed by atoms with Crippen LogP contribution in [0, 0.1) is 0 Å². The molecule has 0 aliphatic heterocycles. The molecule has 0 bridgehead atoms. The van der Waals surface area contributed by atoms with E-state index in [2.05, 4.69) is 18.3 Å². The number of nitrogens with one attached hydrogen (secondary N) is 1. The highest BCUT2D eigenvalue weighted by Crippen LogP contribution is 2.29. The molecule has 14 heavy (non-hydrogen) atoms. The quantitative estimate of drug-likeness (QED) is 0.745. The van der Waals surface area contributed by atoms with Crippen LogP contribution in [0.5, 0.6) is 0 Å². The third kappa shape index (κ3) is 1.68. The van der Waals surface area contributed by atoms with Crippen molar-refractivity contribution in [2.75, 3.05) is 6.54 Å². The zero-order valence-corrected chi connectivity index (χ0v) is 8.53. The Hall–Kier alpha value is -0.860. The number of aliphatic hydroxyl groups excluding tert-OH is 1. The first-order valence-corrected chi connectivity index (χ1v) is 5.32. The number of aliphatic hydroxyl groups is 1. The van der Waals surface area contributed by atoms with Crippen LogP contribution >= 0.6 is 0 Å². The van der Waals surface area contributed by atoms with Crippen molar-refractivity contribution in [3.8, 4) is 0 Å². The van der Waals surface area contributed by atoms with Crippen molar-refractivity contribution in [2.24, 2.45) is 0 Å². The van der Waals surface area contributed by atoms with Crippen LogP contribution in [0.3, 0.4) is 0 Å². The van der Waals surface area contributed by atoms with Crippen LogP contribution < -0.4 is 5.32 Å². The highest BCUT2D eigenvalue weighted by molar-refractivity contribution is 5.32. The normalized spacial score (nSPS) is 25.9. The highest BCUT2D eigenvalue weighted by Gasteiger charge is 2.26. The van der Waals surface area contributed by atoms with Gasteiger partial charge < -0.3 is 10.4 Å². The summed E-state index contributed by atoms with van der Waals surface area (Å²) in [5, 5.41) is 13.4. The Morgan fingerprint density at radius 3 is 3.00 bits per heavy atom. The summed E-state index contributed by atoms with van der Waals surface area (Å²) in [6.45, 7) is 3.00. The molecule has 1 aliphatic rings. The first kappa shape index (κ1) is 9.69. The van der Waals surface area contributed by atoms with Crippen molar-refractivity contribution in [3.05, 3.63) is 35.4 Å². The molecule has 0 saturated heterocycles. The fourth-order valence-corrected chi connectivity index (χ4v) is 2.21. The minimum atomic E-state index is -0.333. The zero-order chi connectivity index (χ0) is 9.97. The molecule has 2 heteroatoms. The molecular weight excluding hydrogens is 174 g/mol. The molecule has 0 radical (unpaired) electrons. The van der Waals surface area contributed by atoms with E-state index in [0.717, 1.165) is 24.9 Å². The lowest BCUT2D eigenvalue weighted by Crippen LogP contribution is -2.38. The Morgan fingerprint density at radius 2 is 2.21 bits per heavy atom. The lowest BCUT2D eigenvalue weighted by molar-refractivity contribution is 0.116. The molecule has 0 fully saturated rings. The van der Waals surface area contributed by atoms with Crippen molar-refractivity contribution >= 4 is 0 Å². The largest absolute Gasteiger partial charge is 0.387 e. The average Bonchev–Trinajstić information content (AvgIpc) is 2.23. The Kier molecular flexibility index (Phi) is 2.85. The van der Waals surface area contributed by atoms with Crippen LogP contribution in [0.4, 0.5) is 0 Å². The number of benzene rings is 1. The van der Waals surface area contributed by atoms with E-state index >= 15 is 0 Å². The molecule has 0 amide bonds. The number of hydrogen-bond donors (Lipinski definition) is 2. The first-order valence-electron chi connectivity index (χ1n) is 5.32. The number of rotatable bonds is 2. The zero-order valence-electron chi connectivity index (χ0n) is 8.53. The molecule has 0 aromatic heterocycles. The van der Waals surface area contributed by atoms with Crippen molar-refractivity contribution in [1.82, 2.24) is 5.32 Å². The second kappa shape index (κ2) is 4.11. The van der Waals surface area contributed by atoms with Gasteiger partial charge in [-0.15, -0.1) is 0 Å². The molecule has 76 valence electrons. The molecule has 0 heterocycles. The second-order valence-electron chi connectivity index (χ2n) is 3.85. The summed E-state index contributed by atoms with van der Waals surface area (Å²) < 4.78 is 0. The summed E-state index contributed by atoms with van der Waals surface area (Å²) >= 11 is 0. The molecular formula is C12H17NO. The Labute approximate surface area is 85.0 Å². The highest BCUT2D eigenvalue weighted by atomic mass is 16.3. The summed E-state index contributed by atoms with van der Waals surface area (Å²) in [5.74, 6) is 0. The third-order valence-corrected chi connectivity index (χ3v) is 2.95. The maximum absolute atomic E-state index is 10.1. The molecule has 0 unspecified atom stereocenters. The predicted molar refractivity (Wildman–Crippen MR) is 57.2 cm³/mol. The van der Waals surface area contributed by atoms with Gasteiger partial charge in [-0.3, -0.25) is 0 Å². The van der Waals surface area contributed by atoms with Gasteiger partial charge in [0.05, 0.1) is 6.10 Å². The van der Waals surface area contributed by atoms with E-state index < -0.39 is 0 Å². The molecule has 0 saturated carbocycles. The van der Waals surface area contributed by atoms with Crippen LogP contribution in [0.1, 0.15) is 30.6 Å². The SMILES string of the molecule is CCN[C@@H]1CCc2ccccc2[C@H]1O. The smallest absolute Gasteiger partial charge is 0.0945 e. The van der Waals surface area contributed by atoms with Gasteiger partial charge in [-0.05, 0) is 30.5 Å². The Balaban J connectivity index is 2.22. The van der Waals surface area contributed by atoms with Crippen LogP contribution in [0.25, 0.3) is 0 Å². The lowest BCUT2D eigenvalue weighted by Gasteiger charge is -2.30. The topological polar surface area (TPSA) is 32.3 Å². The predicted octanol–water partition coefficient (Wildman–Crippen LogP) is 1.64. The van der Waals surface area contributed by atoms with Gasteiger partial charge in [-0.25, -0.2) is 0 Å². The van der Waals surface area contributed by atoms with Gasteiger partial charge in [0.15, 0.2) is 0 Å². The molecule has 1 aromatic carbocycles. The Morgan fingerprint density at radius 1 is 1.43 bits per heavy atom. The lowest BCUT2D eigenvalue weighted by atomic mass is 9.86. The van der Waals surface area contributed by atoms with Crippen LogP contribution in [0.15, 0.2) is 24.3 Å². The minimum Gasteiger partial charge on any atom is -0.387 e. The molecule has 2 N–H and O–H groups in total. The van der Waals surface area contributed by atoms with E-state index in [-0.39, 0.29) is 12.1 Å². The fraction of sp³-hybridized carbons (Fsp3) is 0.500. The summed E-state index contributed by atoms with van der Waals surface area (Å²) in [7, 11) is 0. The van der Waals surface area contributed by atoms with E-state index in [1.165, 1.54) is 5.56 Å². The summed E-state index contributed by atoms with van der Waals surface area (Å²) in [6, 6.07) is 8.41. The van der Waals surface area contributed by atoms with Gasteiger partial charge in [0.25, 0.3) is 0 Å².